The standard InChI is InChI=1S/C13H20BrNO2/c1-13(2,17-4)12(15)8-9-7-10(14)5-6-11(9)16-3/h5-7,12H,8,15H2,1-4H3. The lowest BCUT2D eigenvalue weighted by Crippen LogP contribution is -2.46. The fourth-order valence-electron chi connectivity index (χ4n) is 1.54. The lowest BCUT2D eigenvalue weighted by Gasteiger charge is -2.30. The first-order valence-electron chi connectivity index (χ1n) is 5.54. The van der Waals surface area contributed by atoms with Crippen LogP contribution in [0.2, 0.25) is 0 Å². The Kier molecular flexibility index (Phi) is 4.98. The Hall–Kier alpha value is -0.580. The predicted octanol–water partition coefficient (Wildman–Crippen LogP) is 2.75. The van der Waals surface area contributed by atoms with Gasteiger partial charge in [-0.15, -0.1) is 0 Å². The lowest BCUT2D eigenvalue weighted by atomic mass is 9.92. The summed E-state index contributed by atoms with van der Waals surface area (Å²) in [5.41, 5.74) is 6.90. The number of nitrogens with two attached hydrogens (primary N) is 1. The van der Waals surface area contributed by atoms with Gasteiger partial charge in [0.05, 0.1) is 12.7 Å². The molecule has 0 heterocycles. The largest absolute Gasteiger partial charge is 0.496 e. The molecule has 0 fully saturated rings. The summed E-state index contributed by atoms with van der Waals surface area (Å²) in [5, 5.41) is 0. The van der Waals surface area contributed by atoms with Crippen LogP contribution in [0.4, 0.5) is 0 Å². The highest BCUT2D eigenvalue weighted by atomic mass is 79.9. The van der Waals surface area contributed by atoms with Gasteiger partial charge in [0.15, 0.2) is 0 Å². The highest BCUT2D eigenvalue weighted by molar-refractivity contribution is 9.10. The molecule has 0 aliphatic rings. The van der Waals surface area contributed by atoms with Crippen molar-refractivity contribution in [2.45, 2.75) is 31.9 Å². The summed E-state index contributed by atoms with van der Waals surface area (Å²) in [7, 11) is 3.34. The normalized spacial score (nSPS) is 13.5. The van der Waals surface area contributed by atoms with Crippen molar-refractivity contribution in [2.24, 2.45) is 5.73 Å². The molecule has 0 amide bonds. The van der Waals surface area contributed by atoms with Crippen LogP contribution in [-0.4, -0.2) is 25.9 Å². The number of hydrogen-bond acceptors (Lipinski definition) is 3. The van der Waals surface area contributed by atoms with E-state index in [1.54, 1.807) is 14.2 Å². The number of methoxy groups -OCH3 is 2. The zero-order chi connectivity index (χ0) is 13.1. The number of hydrogen-bond donors (Lipinski definition) is 1. The molecule has 0 bridgehead atoms. The van der Waals surface area contributed by atoms with Crippen molar-refractivity contribution >= 4 is 15.9 Å². The second-order valence-corrected chi connectivity index (χ2v) is 5.49. The van der Waals surface area contributed by atoms with E-state index in [0.717, 1.165) is 15.8 Å². The SMILES string of the molecule is COc1ccc(Br)cc1CC(N)C(C)(C)OC. The van der Waals surface area contributed by atoms with Gasteiger partial charge in [-0.05, 0) is 44.0 Å². The van der Waals surface area contributed by atoms with E-state index >= 15 is 0 Å². The second-order valence-electron chi connectivity index (χ2n) is 4.57. The summed E-state index contributed by atoms with van der Waals surface area (Å²) in [6.07, 6.45) is 0.712. The monoisotopic (exact) mass is 301 g/mol. The molecule has 0 saturated heterocycles. The third-order valence-electron chi connectivity index (χ3n) is 3.10. The van der Waals surface area contributed by atoms with Crippen LogP contribution in [0.25, 0.3) is 0 Å². The number of rotatable bonds is 5. The molecule has 3 nitrogen and oxygen atoms in total. The van der Waals surface area contributed by atoms with Crippen LogP contribution in [0.1, 0.15) is 19.4 Å². The maximum atomic E-state index is 6.17. The molecule has 2 N–H and O–H groups in total. The van der Waals surface area contributed by atoms with Crippen LogP contribution in [-0.2, 0) is 11.2 Å². The first-order valence-corrected chi connectivity index (χ1v) is 6.33. The van der Waals surface area contributed by atoms with Crippen molar-refractivity contribution in [1.29, 1.82) is 0 Å². The van der Waals surface area contributed by atoms with Crippen molar-refractivity contribution in [3.8, 4) is 5.75 Å². The van der Waals surface area contributed by atoms with Crippen molar-refractivity contribution in [3.63, 3.8) is 0 Å². The zero-order valence-corrected chi connectivity index (χ0v) is 12.4. The van der Waals surface area contributed by atoms with Gasteiger partial charge in [0.1, 0.15) is 5.75 Å². The van der Waals surface area contributed by atoms with Crippen LogP contribution in [0.15, 0.2) is 22.7 Å². The van der Waals surface area contributed by atoms with E-state index < -0.39 is 0 Å². The minimum absolute atomic E-state index is 0.0873. The minimum Gasteiger partial charge on any atom is -0.496 e. The van der Waals surface area contributed by atoms with Gasteiger partial charge in [-0.1, -0.05) is 15.9 Å². The number of halogens is 1. The van der Waals surface area contributed by atoms with Crippen molar-refractivity contribution in [2.75, 3.05) is 14.2 Å². The first-order chi connectivity index (χ1) is 7.90. The molecule has 0 aromatic heterocycles. The summed E-state index contributed by atoms with van der Waals surface area (Å²) >= 11 is 3.46. The van der Waals surface area contributed by atoms with Gasteiger partial charge in [0.25, 0.3) is 0 Å². The summed E-state index contributed by atoms with van der Waals surface area (Å²) in [5.74, 6) is 0.857. The average molecular weight is 302 g/mol. The highest BCUT2D eigenvalue weighted by Gasteiger charge is 2.26. The number of benzene rings is 1. The third-order valence-corrected chi connectivity index (χ3v) is 3.59. The maximum absolute atomic E-state index is 6.17. The quantitative estimate of drug-likeness (QED) is 0.909. The number of ether oxygens (including phenoxy) is 2. The molecule has 4 heteroatoms. The second kappa shape index (κ2) is 5.85. The molecular formula is C13H20BrNO2. The molecule has 1 unspecified atom stereocenters. The van der Waals surface area contributed by atoms with E-state index in [1.807, 2.05) is 32.0 Å². The Morgan fingerprint density at radius 3 is 2.53 bits per heavy atom. The molecule has 1 atom stereocenters. The Morgan fingerprint density at radius 2 is 2.00 bits per heavy atom. The Bertz CT molecular complexity index is 380. The zero-order valence-electron chi connectivity index (χ0n) is 10.8. The van der Waals surface area contributed by atoms with Gasteiger partial charge in [0, 0.05) is 17.6 Å². The van der Waals surface area contributed by atoms with Gasteiger partial charge in [-0.25, -0.2) is 0 Å². The molecule has 0 radical (unpaired) electrons. The smallest absolute Gasteiger partial charge is 0.122 e. The molecule has 17 heavy (non-hydrogen) atoms. The summed E-state index contributed by atoms with van der Waals surface area (Å²) in [6.45, 7) is 3.98. The van der Waals surface area contributed by atoms with Gasteiger partial charge < -0.3 is 15.2 Å². The molecule has 1 aromatic carbocycles. The van der Waals surface area contributed by atoms with E-state index in [0.29, 0.717) is 6.42 Å². The van der Waals surface area contributed by atoms with Crippen molar-refractivity contribution < 1.29 is 9.47 Å². The average Bonchev–Trinajstić information content (AvgIpc) is 2.29. The lowest BCUT2D eigenvalue weighted by molar-refractivity contribution is 0.000698. The molecule has 96 valence electrons. The van der Waals surface area contributed by atoms with E-state index in [4.69, 9.17) is 15.2 Å². The van der Waals surface area contributed by atoms with E-state index in [9.17, 15) is 0 Å². The third kappa shape index (κ3) is 3.69. The Labute approximate surface area is 111 Å². The highest BCUT2D eigenvalue weighted by Crippen LogP contribution is 2.26. The van der Waals surface area contributed by atoms with Crippen LogP contribution in [0, 0.1) is 0 Å². The van der Waals surface area contributed by atoms with Crippen LogP contribution in [0.5, 0.6) is 5.75 Å². The molecule has 0 aliphatic heterocycles. The van der Waals surface area contributed by atoms with Crippen molar-refractivity contribution in [1.82, 2.24) is 0 Å². The van der Waals surface area contributed by atoms with Crippen LogP contribution in [0.3, 0.4) is 0 Å². The van der Waals surface area contributed by atoms with Gasteiger partial charge in [-0.2, -0.15) is 0 Å². The Morgan fingerprint density at radius 1 is 1.35 bits per heavy atom. The van der Waals surface area contributed by atoms with Gasteiger partial charge >= 0.3 is 0 Å². The van der Waals surface area contributed by atoms with E-state index in [-0.39, 0.29) is 11.6 Å². The molecular weight excluding hydrogens is 282 g/mol. The van der Waals surface area contributed by atoms with E-state index in [2.05, 4.69) is 15.9 Å². The van der Waals surface area contributed by atoms with Gasteiger partial charge in [0.2, 0.25) is 0 Å². The van der Waals surface area contributed by atoms with Gasteiger partial charge in [-0.3, -0.25) is 0 Å². The fourth-order valence-corrected chi connectivity index (χ4v) is 1.95. The summed E-state index contributed by atoms with van der Waals surface area (Å²) < 4.78 is 11.8. The first kappa shape index (κ1) is 14.5. The van der Waals surface area contributed by atoms with Crippen LogP contribution < -0.4 is 10.5 Å². The van der Waals surface area contributed by atoms with Crippen LogP contribution >= 0.6 is 15.9 Å². The molecule has 1 aromatic rings. The predicted molar refractivity (Wildman–Crippen MR) is 73.5 cm³/mol. The molecule has 1 rings (SSSR count). The van der Waals surface area contributed by atoms with E-state index in [1.165, 1.54) is 0 Å². The topological polar surface area (TPSA) is 44.5 Å². The summed E-state index contributed by atoms with van der Waals surface area (Å²) in [4.78, 5) is 0. The maximum Gasteiger partial charge on any atom is 0.122 e. The fraction of sp³-hybridized carbons (Fsp3) is 0.538. The van der Waals surface area contributed by atoms with Crippen molar-refractivity contribution in [3.05, 3.63) is 28.2 Å². The molecule has 0 saturated carbocycles. The minimum atomic E-state index is -0.354. The Balaban J connectivity index is 2.91. The molecule has 0 aliphatic carbocycles. The summed E-state index contributed by atoms with van der Waals surface area (Å²) in [6, 6.07) is 5.84. The molecule has 0 spiro atoms.